The number of thiazole rings is 1. The lowest BCUT2D eigenvalue weighted by molar-refractivity contribution is 0.243. The lowest BCUT2D eigenvalue weighted by atomic mass is 10.2. The number of hydrogen-bond donors (Lipinski definition) is 1. The molecule has 1 N–H and O–H groups in total. The highest BCUT2D eigenvalue weighted by Gasteiger charge is 2.11. The highest BCUT2D eigenvalue weighted by atomic mass is 35.5. The van der Waals surface area contributed by atoms with Gasteiger partial charge in [0.25, 0.3) is 0 Å². The summed E-state index contributed by atoms with van der Waals surface area (Å²) >= 11 is 14.0. The molecule has 3 aromatic rings. The molecule has 0 unspecified atom stereocenters. The number of halogens is 2. The van der Waals surface area contributed by atoms with E-state index in [-0.39, 0.29) is 6.10 Å². The molecule has 1 heterocycles. The van der Waals surface area contributed by atoms with Gasteiger partial charge in [0.15, 0.2) is 5.75 Å². The number of hydrogen-bond acceptors (Lipinski definition) is 6. The zero-order chi connectivity index (χ0) is 20.1. The van der Waals surface area contributed by atoms with Crippen molar-refractivity contribution in [3.05, 3.63) is 57.4 Å². The first-order chi connectivity index (χ1) is 13.5. The number of hydrazone groups is 1. The molecule has 0 spiro atoms. The van der Waals surface area contributed by atoms with Gasteiger partial charge >= 0.3 is 0 Å². The van der Waals surface area contributed by atoms with Crippen LogP contribution >= 0.6 is 34.5 Å². The minimum absolute atomic E-state index is 0.0140. The second kappa shape index (κ2) is 9.28. The maximum Gasteiger partial charge on any atom is 0.203 e. The van der Waals surface area contributed by atoms with E-state index in [0.717, 1.165) is 22.6 Å². The number of nitrogens with one attached hydrogen (secondary N) is 1. The molecule has 0 amide bonds. The van der Waals surface area contributed by atoms with Gasteiger partial charge in [-0.3, -0.25) is 5.43 Å². The van der Waals surface area contributed by atoms with Crippen molar-refractivity contribution in [3.8, 4) is 22.8 Å². The molecule has 0 saturated heterocycles. The molecule has 0 aliphatic carbocycles. The van der Waals surface area contributed by atoms with Gasteiger partial charge in [0.2, 0.25) is 5.13 Å². The Morgan fingerprint density at radius 1 is 1.18 bits per heavy atom. The summed E-state index contributed by atoms with van der Waals surface area (Å²) in [5.74, 6) is 1.27. The number of ether oxygens (including phenoxy) is 2. The van der Waals surface area contributed by atoms with Crippen molar-refractivity contribution < 1.29 is 9.47 Å². The van der Waals surface area contributed by atoms with Crippen LogP contribution in [0.4, 0.5) is 5.13 Å². The van der Waals surface area contributed by atoms with Gasteiger partial charge in [0, 0.05) is 10.9 Å². The zero-order valence-electron chi connectivity index (χ0n) is 15.6. The fourth-order valence-corrected chi connectivity index (χ4v) is 3.67. The zero-order valence-corrected chi connectivity index (χ0v) is 17.9. The second-order valence-electron chi connectivity index (χ2n) is 6.12. The molecule has 2 aromatic carbocycles. The van der Waals surface area contributed by atoms with E-state index in [4.69, 9.17) is 32.7 Å². The molecule has 5 nitrogen and oxygen atoms in total. The van der Waals surface area contributed by atoms with Gasteiger partial charge in [0.1, 0.15) is 5.75 Å². The van der Waals surface area contributed by atoms with Crippen LogP contribution in [0.3, 0.4) is 0 Å². The van der Waals surface area contributed by atoms with E-state index in [0.29, 0.717) is 20.9 Å². The monoisotopic (exact) mass is 435 g/mol. The Bertz CT molecular complexity index is 966. The summed E-state index contributed by atoms with van der Waals surface area (Å²) in [4.78, 5) is 4.53. The predicted octanol–water partition coefficient (Wildman–Crippen LogP) is 6.36. The summed E-state index contributed by atoms with van der Waals surface area (Å²) in [5, 5.41) is 7.73. The molecule has 3 rings (SSSR count). The van der Waals surface area contributed by atoms with E-state index in [9.17, 15) is 0 Å². The molecule has 0 atom stereocenters. The number of benzene rings is 2. The first-order valence-electron chi connectivity index (χ1n) is 8.51. The van der Waals surface area contributed by atoms with Crippen molar-refractivity contribution in [1.82, 2.24) is 4.98 Å². The van der Waals surface area contributed by atoms with Crippen LogP contribution in [0.15, 0.2) is 46.9 Å². The average molecular weight is 436 g/mol. The van der Waals surface area contributed by atoms with E-state index >= 15 is 0 Å². The van der Waals surface area contributed by atoms with E-state index in [1.54, 1.807) is 25.5 Å². The average Bonchev–Trinajstić information content (AvgIpc) is 3.13. The molecular formula is C20H19Cl2N3O2S. The Balaban J connectivity index is 1.69. The van der Waals surface area contributed by atoms with Gasteiger partial charge in [-0.15, -0.1) is 11.3 Å². The van der Waals surface area contributed by atoms with Crippen molar-refractivity contribution in [1.29, 1.82) is 0 Å². The van der Waals surface area contributed by atoms with E-state index < -0.39 is 0 Å². The molecule has 1 aromatic heterocycles. The van der Waals surface area contributed by atoms with Crippen molar-refractivity contribution >= 4 is 45.9 Å². The Kier molecular flexibility index (Phi) is 6.78. The molecule has 146 valence electrons. The topological polar surface area (TPSA) is 55.7 Å². The quantitative estimate of drug-likeness (QED) is 0.346. The van der Waals surface area contributed by atoms with E-state index in [1.807, 2.05) is 43.5 Å². The largest absolute Gasteiger partial charge is 0.497 e. The standard InChI is InChI=1S/C20H19Cl2N3O2S/c1-12(2)27-19-16(21)7-13(8-17(19)22)10-23-25-20-24-18(11-28-20)14-5-4-6-15(9-14)26-3/h4-12H,1-3H3,(H,24,25)/b23-10-. The fourth-order valence-electron chi connectivity index (χ4n) is 2.40. The predicted molar refractivity (Wildman–Crippen MR) is 118 cm³/mol. The molecule has 0 fully saturated rings. The highest BCUT2D eigenvalue weighted by molar-refractivity contribution is 7.14. The summed E-state index contributed by atoms with van der Waals surface area (Å²) < 4.78 is 10.9. The van der Waals surface area contributed by atoms with E-state index in [2.05, 4.69) is 15.5 Å². The first kappa shape index (κ1) is 20.5. The Hall–Kier alpha value is -2.28. The lowest BCUT2D eigenvalue weighted by Crippen LogP contribution is -2.06. The van der Waals surface area contributed by atoms with Crippen LogP contribution in [0.2, 0.25) is 10.0 Å². The number of methoxy groups -OCH3 is 1. The SMILES string of the molecule is COc1cccc(-c2csc(N/N=C\c3cc(Cl)c(OC(C)C)c(Cl)c3)n2)c1. The molecule has 8 heteroatoms. The van der Waals surface area contributed by atoms with Gasteiger partial charge in [-0.05, 0) is 43.7 Å². The summed E-state index contributed by atoms with van der Waals surface area (Å²) in [7, 11) is 1.64. The lowest BCUT2D eigenvalue weighted by Gasteiger charge is -2.13. The maximum absolute atomic E-state index is 6.26. The van der Waals surface area contributed by atoms with Crippen molar-refractivity contribution in [2.75, 3.05) is 12.5 Å². The van der Waals surface area contributed by atoms with Gasteiger partial charge < -0.3 is 9.47 Å². The van der Waals surface area contributed by atoms with Crippen LogP contribution in [-0.2, 0) is 0 Å². The normalized spacial score (nSPS) is 11.2. The molecule has 0 saturated carbocycles. The minimum atomic E-state index is -0.0140. The number of aromatic nitrogens is 1. The van der Waals surface area contributed by atoms with Crippen molar-refractivity contribution in [2.24, 2.45) is 5.10 Å². The molecule has 0 radical (unpaired) electrons. The van der Waals surface area contributed by atoms with Crippen LogP contribution in [0.5, 0.6) is 11.5 Å². The number of rotatable bonds is 7. The Labute approximate surface area is 177 Å². The van der Waals surface area contributed by atoms with Crippen molar-refractivity contribution in [2.45, 2.75) is 20.0 Å². The molecular weight excluding hydrogens is 417 g/mol. The smallest absolute Gasteiger partial charge is 0.203 e. The fraction of sp³-hybridized carbons (Fsp3) is 0.200. The van der Waals surface area contributed by atoms with Crippen LogP contribution in [0, 0.1) is 0 Å². The van der Waals surface area contributed by atoms with Crippen LogP contribution in [0.1, 0.15) is 19.4 Å². The summed E-state index contributed by atoms with van der Waals surface area (Å²) in [6, 6.07) is 11.2. The van der Waals surface area contributed by atoms with Gasteiger partial charge in [-0.25, -0.2) is 4.98 Å². The van der Waals surface area contributed by atoms with Gasteiger partial charge in [-0.1, -0.05) is 35.3 Å². The van der Waals surface area contributed by atoms with Crippen molar-refractivity contribution in [3.63, 3.8) is 0 Å². The molecule has 28 heavy (non-hydrogen) atoms. The number of nitrogens with zero attached hydrogens (tertiary/aromatic N) is 2. The Morgan fingerprint density at radius 3 is 2.61 bits per heavy atom. The summed E-state index contributed by atoms with van der Waals surface area (Å²) in [6.45, 7) is 3.83. The minimum Gasteiger partial charge on any atom is -0.497 e. The molecule has 0 aliphatic rings. The third-order valence-corrected chi connectivity index (χ3v) is 4.93. The molecule has 0 aliphatic heterocycles. The van der Waals surface area contributed by atoms with E-state index in [1.165, 1.54) is 11.3 Å². The number of anilines is 1. The summed E-state index contributed by atoms with van der Waals surface area (Å²) in [5.41, 5.74) is 5.51. The third kappa shape index (κ3) is 5.16. The van der Waals surface area contributed by atoms with Crippen LogP contribution in [-0.4, -0.2) is 24.4 Å². The van der Waals surface area contributed by atoms with Gasteiger partial charge in [0.05, 0.1) is 35.2 Å². The Morgan fingerprint density at radius 2 is 1.93 bits per heavy atom. The van der Waals surface area contributed by atoms with Gasteiger partial charge in [-0.2, -0.15) is 5.10 Å². The highest BCUT2D eigenvalue weighted by Crippen LogP contribution is 2.34. The second-order valence-corrected chi connectivity index (χ2v) is 7.79. The third-order valence-electron chi connectivity index (χ3n) is 3.62. The first-order valence-corrected chi connectivity index (χ1v) is 10.1. The van der Waals surface area contributed by atoms with Crippen LogP contribution in [0.25, 0.3) is 11.3 Å². The molecule has 0 bridgehead atoms. The van der Waals surface area contributed by atoms with Crippen LogP contribution < -0.4 is 14.9 Å². The summed E-state index contributed by atoms with van der Waals surface area (Å²) in [6.07, 6.45) is 1.61. The maximum atomic E-state index is 6.26.